The molecule has 2 N–H and O–H groups in total. The molecule has 1 heterocycles. The number of aryl methyl sites for hydroxylation is 1. The number of benzene rings is 1. The molecule has 0 radical (unpaired) electrons. The molecule has 0 unspecified atom stereocenters. The van der Waals surface area contributed by atoms with Gasteiger partial charge in [-0.2, -0.15) is 0 Å². The number of rotatable bonds is 7. The molecule has 0 spiro atoms. The number of nitrogens with two attached hydrogens (primary N) is 1. The molecule has 0 atom stereocenters. The van der Waals surface area contributed by atoms with Gasteiger partial charge in [0.25, 0.3) is 0 Å². The fraction of sp³-hybridized carbons (Fsp3) is 0.250. The van der Waals surface area contributed by atoms with Crippen LogP contribution in [0.5, 0.6) is 5.75 Å². The smallest absolute Gasteiger partial charge is 0.339 e. The van der Waals surface area contributed by atoms with Crippen molar-refractivity contribution in [2.75, 3.05) is 12.3 Å². The third-order valence-electron chi connectivity index (χ3n) is 3.74. The summed E-state index contributed by atoms with van der Waals surface area (Å²) >= 11 is 1.49. The van der Waals surface area contributed by atoms with Crippen LogP contribution in [0.25, 0.3) is 11.6 Å². The number of ether oxygens (including phenoxy) is 2. The van der Waals surface area contributed by atoms with Gasteiger partial charge in [-0.3, -0.25) is 0 Å². The van der Waals surface area contributed by atoms with Crippen LogP contribution in [0.1, 0.15) is 35.4 Å². The van der Waals surface area contributed by atoms with Gasteiger partial charge in [0, 0.05) is 22.2 Å². The highest BCUT2D eigenvalue weighted by atomic mass is 32.1. The second-order valence-corrected chi connectivity index (χ2v) is 6.32. The molecule has 0 aliphatic carbocycles. The zero-order chi connectivity index (χ0) is 18.4. The van der Waals surface area contributed by atoms with Crippen LogP contribution < -0.4 is 10.5 Å². The van der Waals surface area contributed by atoms with E-state index >= 15 is 0 Å². The van der Waals surface area contributed by atoms with Crippen molar-refractivity contribution in [2.24, 2.45) is 0 Å². The minimum Gasteiger partial charge on any atom is -0.489 e. The first kappa shape index (κ1) is 18.8. The molecule has 0 bridgehead atoms. The average Bonchev–Trinajstić information content (AvgIpc) is 2.99. The second-order valence-electron chi connectivity index (χ2n) is 5.44. The predicted octanol–water partition coefficient (Wildman–Crippen LogP) is 4.83. The van der Waals surface area contributed by atoms with E-state index < -0.39 is 0 Å². The molecular weight excluding hydrogens is 334 g/mol. The first-order valence-corrected chi connectivity index (χ1v) is 8.95. The van der Waals surface area contributed by atoms with Crippen LogP contribution in [0.2, 0.25) is 0 Å². The summed E-state index contributed by atoms with van der Waals surface area (Å²) in [6.45, 7) is 10.2. The maximum absolute atomic E-state index is 12.2. The molecule has 1 aromatic heterocycles. The van der Waals surface area contributed by atoms with E-state index in [0.29, 0.717) is 24.5 Å². The summed E-state index contributed by atoms with van der Waals surface area (Å²) in [7, 11) is 0. The van der Waals surface area contributed by atoms with Crippen molar-refractivity contribution in [1.82, 2.24) is 0 Å². The quantitative estimate of drug-likeness (QED) is 0.438. The van der Waals surface area contributed by atoms with E-state index in [4.69, 9.17) is 15.2 Å². The van der Waals surface area contributed by atoms with E-state index in [2.05, 4.69) is 6.58 Å². The number of carbonyl (C=O) groups excluding carboxylic acids is 1. The Kier molecular flexibility index (Phi) is 6.42. The highest BCUT2D eigenvalue weighted by molar-refractivity contribution is 7.12. The SMILES string of the molecule is C=Cc1c(COc2cc(N)ccc2C)csc1/C(=C\C)C(=O)OCC. The highest BCUT2D eigenvalue weighted by Crippen LogP contribution is 2.32. The van der Waals surface area contributed by atoms with Crippen molar-refractivity contribution in [3.05, 3.63) is 57.8 Å². The molecule has 132 valence electrons. The van der Waals surface area contributed by atoms with Gasteiger partial charge in [-0.25, -0.2) is 4.79 Å². The molecule has 2 aromatic rings. The number of esters is 1. The van der Waals surface area contributed by atoms with Crippen LogP contribution in [-0.2, 0) is 16.1 Å². The number of nitrogen functional groups attached to an aromatic ring is 1. The van der Waals surface area contributed by atoms with Gasteiger partial charge >= 0.3 is 5.97 Å². The standard InChI is InChI=1S/C20H23NO3S/c1-5-16-14(11-24-18-10-15(21)9-8-13(18)4)12-25-19(16)17(6-2)20(22)23-7-3/h5-6,8-10,12H,1,7,11,21H2,2-4H3/b17-6+. The maximum atomic E-state index is 12.2. The third kappa shape index (κ3) is 4.31. The van der Waals surface area contributed by atoms with Crippen molar-refractivity contribution in [2.45, 2.75) is 27.4 Å². The van der Waals surface area contributed by atoms with Gasteiger partial charge in [0.1, 0.15) is 12.4 Å². The Morgan fingerprint density at radius 2 is 2.16 bits per heavy atom. The van der Waals surface area contributed by atoms with Gasteiger partial charge in [0.15, 0.2) is 0 Å². The summed E-state index contributed by atoms with van der Waals surface area (Å²) in [6, 6.07) is 5.58. The maximum Gasteiger partial charge on any atom is 0.339 e. The minimum absolute atomic E-state index is 0.325. The van der Waals surface area contributed by atoms with Crippen molar-refractivity contribution in [1.29, 1.82) is 0 Å². The second kappa shape index (κ2) is 8.53. The van der Waals surface area contributed by atoms with E-state index in [0.717, 1.165) is 27.3 Å². The number of carbonyl (C=O) groups is 1. The van der Waals surface area contributed by atoms with Crippen molar-refractivity contribution < 1.29 is 14.3 Å². The molecule has 0 saturated heterocycles. The summed E-state index contributed by atoms with van der Waals surface area (Å²) in [4.78, 5) is 13.0. The monoisotopic (exact) mass is 357 g/mol. The molecule has 0 aliphatic rings. The number of hydrogen-bond acceptors (Lipinski definition) is 5. The molecule has 5 heteroatoms. The first-order chi connectivity index (χ1) is 12.0. The molecule has 0 saturated carbocycles. The van der Waals surface area contributed by atoms with Crippen LogP contribution in [0, 0.1) is 6.92 Å². The fourth-order valence-electron chi connectivity index (χ4n) is 2.43. The molecular formula is C20H23NO3S. The van der Waals surface area contributed by atoms with Crippen molar-refractivity contribution >= 4 is 34.6 Å². The van der Waals surface area contributed by atoms with E-state index in [1.807, 2.05) is 37.4 Å². The lowest BCUT2D eigenvalue weighted by molar-refractivity contribution is -0.136. The van der Waals surface area contributed by atoms with Crippen molar-refractivity contribution in [3.8, 4) is 5.75 Å². The lowest BCUT2D eigenvalue weighted by Gasteiger charge is -2.11. The van der Waals surface area contributed by atoms with E-state index in [1.165, 1.54) is 11.3 Å². The topological polar surface area (TPSA) is 61.5 Å². The zero-order valence-electron chi connectivity index (χ0n) is 14.8. The Morgan fingerprint density at radius 1 is 1.40 bits per heavy atom. The summed E-state index contributed by atoms with van der Waals surface area (Å²) in [5, 5.41) is 1.98. The van der Waals surface area contributed by atoms with E-state index in [9.17, 15) is 4.79 Å². The number of anilines is 1. The van der Waals surface area contributed by atoms with Crippen molar-refractivity contribution in [3.63, 3.8) is 0 Å². The van der Waals surface area contributed by atoms with E-state index in [-0.39, 0.29) is 5.97 Å². The van der Waals surface area contributed by atoms with Gasteiger partial charge in [0.05, 0.1) is 12.2 Å². The van der Waals surface area contributed by atoms with Gasteiger partial charge in [-0.1, -0.05) is 24.8 Å². The number of thiophene rings is 1. The summed E-state index contributed by atoms with van der Waals surface area (Å²) in [5.74, 6) is 0.425. The normalized spacial score (nSPS) is 11.2. The Labute approximate surface area is 152 Å². The number of hydrogen-bond donors (Lipinski definition) is 1. The summed E-state index contributed by atoms with van der Waals surface area (Å²) in [5.41, 5.74) is 9.92. The van der Waals surface area contributed by atoms with Gasteiger partial charge in [0.2, 0.25) is 0 Å². The lowest BCUT2D eigenvalue weighted by Crippen LogP contribution is -2.07. The van der Waals surface area contributed by atoms with E-state index in [1.54, 1.807) is 19.1 Å². The lowest BCUT2D eigenvalue weighted by atomic mass is 10.1. The minimum atomic E-state index is -0.325. The summed E-state index contributed by atoms with van der Waals surface area (Å²) < 4.78 is 11.1. The molecule has 25 heavy (non-hydrogen) atoms. The molecule has 0 fully saturated rings. The van der Waals surface area contributed by atoms with Crippen LogP contribution in [0.3, 0.4) is 0 Å². The molecule has 2 rings (SSSR count). The zero-order valence-corrected chi connectivity index (χ0v) is 15.6. The number of allylic oxidation sites excluding steroid dienone is 1. The Hall–Kier alpha value is -2.53. The third-order valence-corrected chi connectivity index (χ3v) is 4.82. The Balaban J connectivity index is 2.26. The molecule has 1 aromatic carbocycles. The molecule has 0 aliphatic heterocycles. The van der Waals surface area contributed by atoms with Crippen LogP contribution in [-0.4, -0.2) is 12.6 Å². The van der Waals surface area contributed by atoms with Crippen LogP contribution in [0.4, 0.5) is 5.69 Å². The van der Waals surface area contributed by atoms with Crippen LogP contribution >= 0.6 is 11.3 Å². The first-order valence-electron chi connectivity index (χ1n) is 8.07. The summed E-state index contributed by atoms with van der Waals surface area (Å²) in [6.07, 6.45) is 3.52. The fourth-order valence-corrected chi connectivity index (χ4v) is 3.55. The van der Waals surface area contributed by atoms with Gasteiger partial charge in [-0.15, -0.1) is 11.3 Å². The Morgan fingerprint density at radius 3 is 2.80 bits per heavy atom. The Bertz CT molecular complexity index is 805. The largest absolute Gasteiger partial charge is 0.489 e. The predicted molar refractivity (Wildman–Crippen MR) is 105 cm³/mol. The average molecular weight is 357 g/mol. The van der Waals surface area contributed by atoms with Crippen LogP contribution in [0.15, 0.2) is 36.2 Å². The van der Waals surface area contributed by atoms with Gasteiger partial charge in [-0.05, 0) is 43.3 Å². The molecule has 0 amide bonds. The van der Waals surface area contributed by atoms with Gasteiger partial charge < -0.3 is 15.2 Å². The highest BCUT2D eigenvalue weighted by Gasteiger charge is 2.19. The molecule has 4 nitrogen and oxygen atoms in total.